The lowest BCUT2D eigenvalue weighted by Crippen LogP contribution is -2.16. The summed E-state index contributed by atoms with van der Waals surface area (Å²) < 4.78 is 26.5. The standard InChI is InChI=1S/C10H14BrNO2S/c1-3-6-15(13,14)12-10-5-4-9(11)7-8(10)2/h4-5,7,12H,3,6H2,1-2H3. The first-order valence-electron chi connectivity index (χ1n) is 4.71. The second-order valence-electron chi connectivity index (χ2n) is 3.38. The van der Waals surface area contributed by atoms with Crippen LogP contribution in [0.5, 0.6) is 0 Å². The lowest BCUT2D eigenvalue weighted by Gasteiger charge is -2.09. The maximum atomic E-state index is 11.5. The Morgan fingerprint density at radius 3 is 2.60 bits per heavy atom. The molecule has 0 aliphatic heterocycles. The van der Waals surface area contributed by atoms with Crippen molar-refractivity contribution in [2.75, 3.05) is 10.5 Å². The molecule has 3 nitrogen and oxygen atoms in total. The van der Waals surface area contributed by atoms with Gasteiger partial charge < -0.3 is 0 Å². The van der Waals surface area contributed by atoms with Crippen LogP contribution in [0, 0.1) is 6.92 Å². The van der Waals surface area contributed by atoms with Crippen LogP contribution in [0.25, 0.3) is 0 Å². The number of nitrogens with one attached hydrogen (secondary N) is 1. The van der Waals surface area contributed by atoms with Crippen molar-refractivity contribution >= 4 is 31.6 Å². The summed E-state index contributed by atoms with van der Waals surface area (Å²) in [6, 6.07) is 5.45. The Balaban J connectivity index is 2.90. The molecule has 1 rings (SSSR count). The molecule has 0 amide bonds. The topological polar surface area (TPSA) is 46.2 Å². The minimum atomic E-state index is -3.19. The maximum absolute atomic E-state index is 11.5. The van der Waals surface area contributed by atoms with E-state index in [-0.39, 0.29) is 5.75 Å². The zero-order valence-electron chi connectivity index (χ0n) is 8.75. The highest BCUT2D eigenvalue weighted by molar-refractivity contribution is 9.10. The third-order valence-electron chi connectivity index (χ3n) is 1.93. The van der Waals surface area contributed by atoms with Crippen molar-refractivity contribution in [1.82, 2.24) is 0 Å². The van der Waals surface area contributed by atoms with Crippen LogP contribution in [0.15, 0.2) is 22.7 Å². The number of hydrogen-bond donors (Lipinski definition) is 1. The summed E-state index contributed by atoms with van der Waals surface area (Å²) >= 11 is 3.33. The second kappa shape index (κ2) is 4.99. The van der Waals surface area contributed by atoms with Gasteiger partial charge in [-0.1, -0.05) is 22.9 Å². The van der Waals surface area contributed by atoms with Gasteiger partial charge in [0, 0.05) is 4.47 Å². The van der Waals surface area contributed by atoms with Crippen LogP contribution in [0.4, 0.5) is 5.69 Å². The lowest BCUT2D eigenvalue weighted by atomic mass is 10.2. The SMILES string of the molecule is CCCS(=O)(=O)Nc1ccc(Br)cc1C. The van der Waals surface area contributed by atoms with Gasteiger partial charge in [-0.15, -0.1) is 0 Å². The monoisotopic (exact) mass is 291 g/mol. The minimum Gasteiger partial charge on any atom is -0.283 e. The Labute approximate surface area is 99.1 Å². The molecular formula is C10H14BrNO2S. The molecule has 0 heterocycles. The predicted molar refractivity (Wildman–Crippen MR) is 66.6 cm³/mol. The molecule has 84 valence electrons. The normalized spacial score (nSPS) is 11.4. The van der Waals surface area contributed by atoms with E-state index in [1.807, 2.05) is 26.0 Å². The van der Waals surface area contributed by atoms with E-state index >= 15 is 0 Å². The summed E-state index contributed by atoms with van der Waals surface area (Å²) in [6.07, 6.45) is 0.616. The second-order valence-corrected chi connectivity index (χ2v) is 6.14. The Morgan fingerprint density at radius 2 is 2.07 bits per heavy atom. The molecule has 1 N–H and O–H groups in total. The van der Waals surface area contributed by atoms with Crippen molar-refractivity contribution in [3.8, 4) is 0 Å². The van der Waals surface area contributed by atoms with E-state index in [2.05, 4.69) is 20.7 Å². The van der Waals surface area contributed by atoms with Crippen LogP contribution in [-0.2, 0) is 10.0 Å². The van der Waals surface area contributed by atoms with Gasteiger partial charge in [0.1, 0.15) is 0 Å². The van der Waals surface area contributed by atoms with Crippen LogP contribution in [-0.4, -0.2) is 14.2 Å². The predicted octanol–water partition coefficient (Wildman–Crippen LogP) is 2.91. The highest BCUT2D eigenvalue weighted by atomic mass is 79.9. The highest BCUT2D eigenvalue weighted by Gasteiger charge is 2.10. The molecule has 0 aliphatic rings. The third kappa shape index (κ3) is 3.83. The van der Waals surface area contributed by atoms with Gasteiger partial charge in [-0.2, -0.15) is 0 Å². The van der Waals surface area contributed by atoms with E-state index in [4.69, 9.17) is 0 Å². The first kappa shape index (κ1) is 12.5. The number of rotatable bonds is 4. The van der Waals surface area contributed by atoms with E-state index < -0.39 is 10.0 Å². The summed E-state index contributed by atoms with van der Waals surface area (Å²) in [5.41, 5.74) is 1.55. The molecule has 15 heavy (non-hydrogen) atoms. The average Bonchev–Trinajstić information content (AvgIpc) is 2.09. The molecule has 0 unspecified atom stereocenters. The van der Waals surface area contributed by atoms with Crippen molar-refractivity contribution < 1.29 is 8.42 Å². The lowest BCUT2D eigenvalue weighted by molar-refractivity contribution is 0.600. The zero-order chi connectivity index (χ0) is 11.5. The smallest absolute Gasteiger partial charge is 0.232 e. The van der Waals surface area contributed by atoms with Crippen LogP contribution < -0.4 is 4.72 Å². The summed E-state index contributed by atoms with van der Waals surface area (Å²) in [6.45, 7) is 3.71. The van der Waals surface area contributed by atoms with Gasteiger partial charge in [0.05, 0.1) is 11.4 Å². The fourth-order valence-corrected chi connectivity index (χ4v) is 2.91. The molecule has 0 bridgehead atoms. The fraction of sp³-hybridized carbons (Fsp3) is 0.400. The number of hydrogen-bond acceptors (Lipinski definition) is 2. The highest BCUT2D eigenvalue weighted by Crippen LogP contribution is 2.21. The largest absolute Gasteiger partial charge is 0.283 e. The number of anilines is 1. The molecule has 1 aromatic carbocycles. The molecule has 0 fully saturated rings. The Morgan fingerprint density at radius 1 is 1.40 bits per heavy atom. The molecule has 0 aromatic heterocycles. The fourth-order valence-electron chi connectivity index (χ4n) is 1.23. The van der Waals surface area contributed by atoms with E-state index in [1.165, 1.54) is 0 Å². The molecule has 1 aromatic rings. The van der Waals surface area contributed by atoms with Gasteiger partial charge in [0.2, 0.25) is 10.0 Å². The van der Waals surface area contributed by atoms with E-state index in [0.717, 1.165) is 10.0 Å². The number of sulfonamides is 1. The van der Waals surface area contributed by atoms with E-state index in [0.29, 0.717) is 12.1 Å². The van der Waals surface area contributed by atoms with Gasteiger partial charge in [-0.25, -0.2) is 8.42 Å². The molecule has 0 saturated carbocycles. The van der Waals surface area contributed by atoms with Crippen molar-refractivity contribution in [1.29, 1.82) is 0 Å². The van der Waals surface area contributed by atoms with Gasteiger partial charge in [0.15, 0.2) is 0 Å². The first-order valence-corrected chi connectivity index (χ1v) is 7.16. The minimum absolute atomic E-state index is 0.155. The zero-order valence-corrected chi connectivity index (χ0v) is 11.2. The van der Waals surface area contributed by atoms with Crippen LogP contribution in [0.2, 0.25) is 0 Å². The van der Waals surface area contributed by atoms with Gasteiger partial charge in [-0.3, -0.25) is 4.72 Å². The van der Waals surface area contributed by atoms with E-state index in [9.17, 15) is 8.42 Å². The summed E-state index contributed by atoms with van der Waals surface area (Å²) in [4.78, 5) is 0. The molecular weight excluding hydrogens is 278 g/mol. The molecule has 0 radical (unpaired) electrons. The van der Waals surface area contributed by atoms with Crippen LogP contribution in [0.1, 0.15) is 18.9 Å². The summed E-state index contributed by atoms with van der Waals surface area (Å²) in [7, 11) is -3.19. The third-order valence-corrected chi connectivity index (χ3v) is 3.90. The number of halogens is 1. The Hall–Kier alpha value is -0.550. The van der Waals surface area contributed by atoms with Crippen LogP contribution >= 0.6 is 15.9 Å². The molecule has 0 saturated heterocycles. The quantitative estimate of drug-likeness (QED) is 0.927. The maximum Gasteiger partial charge on any atom is 0.232 e. The summed E-state index contributed by atoms with van der Waals surface area (Å²) in [5.74, 6) is 0.155. The van der Waals surface area contributed by atoms with Crippen LogP contribution in [0.3, 0.4) is 0 Å². The van der Waals surface area contributed by atoms with Crippen molar-refractivity contribution in [3.05, 3.63) is 28.2 Å². The number of aryl methyl sites for hydroxylation is 1. The van der Waals surface area contributed by atoms with Crippen molar-refractivity contribution in [3.63, 3.8) is 0 Å². The molecule has 5 heteroatoms. The van der Waals surface area contributed by atoms with Crippen molar-refractivity contribution in [2.24, 2.45) is 0 Å². The van der Waals surface area contributed by atoms with Crippen molar-refractivity contribution in [2.45, 2.75) is 20.3 Å². The molecule has 0 spiro atoms. The van der Waals surface area contributed by atoms with Gasteiger partial charge in [0.25, 0.3) is 0 Å². The number of benzene rings is 1. The first-order chi connectivity index (χ1) is 6.94. The Bertz CT molecular complexity index is 443. The van der Waals surface area contributed by atoms with Gasteiger partial charge >= 0.3 is 0 Å². The summed E-state index contributed by atoms with van der Waals surface area (Å²) in [5, 5.41) is 0. The molecule has 0 aliphatic carbocycles. The Kier molecular flexibility index (Phi) is 4.16. The molecule has 0 atom stereocenters. The average molecular weight is 292 g/mol. The van der Waals surface area contributed by atoms with Gasteiger partial charge in [-0.05, 0) is 37.1 Å². The van der Waals surface area contributed by atoms with E-state index in [1.54, 1.807) is 6.07 Å².